The van der Waals surface area contributed by atoms with Gasteiger partial charge in [-0.2, -0.15) is 0 Å². The molecule has 0 aliphatic heterocycles. The normalized spacial score (nSPS) is 13.0. The van der Waals surface area contributed by atoms with Gasteiger partial charge in [-0.3, -0.25) is 14.5 Å². The largest absolute Gasteiger partial charge is 0.459 e. The molecule has 0 bridgehead atoms. The summed E-state index contributed by atoms with van der Waals surface area (Å²) in [5.41, 5.74) is 0.520. The van der Waals surface area contributed by atoms with E-state index >= 15 is 0 Å². The summed E-state index contributed by atoms with van der Waals surface area (Å²) >= 11 is 0. The highest BCUT2D eigenvalue weighted by molar-refractivity contribution is 5.82. The highest BCUT2D eigenvalue weighted by Crippen LogP contribution is 2.23. The van der Waals surface area contributed by atoms with Gasteiger partial charge in [-0.1, -0.05) is 25.1 Å². The van der Waals surface area contributed by atoms with Crippen LogP contribution < -0.4 is 10.6 Å². The summed E-state index contributed by atoms with van der Waals surface area (Å²) in [6.07, 6.45) is 0. The van der Waals surface area contributed by atoms with Crippen molar-refractivity contribution >= 4 is 22.8 Å². The number of carbonyl (C=O) groups excluding carboxylic acids is 2. The lowest BCUT2D eigenvalue weighted by atomic mass is 10.1. The first-order chi connectivity index (χ1) is 12.2. The van der Waals surface area contributed by atoms with Crippen molar-refractivity contribution in [3.63, 3.8) is 0 Å². The minimum Gasteiger partial charge on any atom is -0.459 e. The molecule has 26 heavy (non-hydrogen) atoms. The van der Waals surface area contributed by atoms with Crippen LogP contribution in [0.25, 0.3) is 11.0 Å². The number of rotatable bonds is 7. The van der Waals surface area contributed by atoms with Gasteiger partial charge in [0.2, 0.25) is 11.8 Å². The number of hydrogen-bond acceptors (Lipinski definition) is 4. The van der Waals surface area contributed by atoms with Gasteiger partial charge in [0.1, 0.15) is 11.3 Å². The van der Waals surface area contributed by atoms with E-state index in [1.807, 2.05) is 69.9 Å². The van der Waals surface area contributed by atoms with Crippen molar-refractivity contribution in [3.05, 3.63) is 36.1 Å². The molecule has 6 nitrogen and oxygen atoms in total. The zero-order valence-corrected chi connectivity index (χ0v) is 16.3. The number of para-hydroxylation sites is 1. The molecule has 0 aliphatic rings. The Kier molecular flexibility index (Phi) is 6.42. The second-order valence-corrected chi connectivity index (χ2v) is 7.58. The van der Waals surface area contributed by atoms with Crippen LogP contribution in [-0.4, -0.2) is 41.9 Å². The molecule has 2 aromatic rings. The molecule has 0 spiro atoms. The lowest BCUT2D eigenvalue weighted by Gasteiger charge is -2.24. The number of fused-ring (bicyclic) bond motifs is 1. The van der Waals surface area contributed by atoms with Crippen LogP contribution in [0.3, 0.4) is 0 Å². The summed E-state index contributed by atoms with van der Waals surface area (Å²) in [5, 5.41) is 6.86. The Bertz CT molecular complexity index is 728. The standard InChI is InChI=1S/C20H29N3O3/c1-6-23(13-19(25)22-20(3,4)5)12-18(24)21-14(2)17-11-15-9-7-8-10-16(15)26-17/h7-11,14H,6,12-13H2,1-5H3,(H,21,24)(H,22,25)/t14-/m0/s1. The Hall–Kier alpha value is -2.34. The topological polar surface area (TPSA) is 74.6 Å². The number of likely N-dealkylation sites (N-methyl/N-ethyl adjacent to an activating group) is 1. The number of hydrogen-bond donors (Lipinski definition) is 2. The van der Waals surface area contributed by atoms with E-state index in [0.29, 0.717) is 12.3 Å². The third kappa shape index (κ3) is 5.88. The molecule has 1 aromatic heterocycles. The van der Waals surface area contributed by atoms with Gasteiger partial charge in [0.05, 0.1) is 19.1 Å². The van der Waals surface area contributed by atoms with Crippen LogP contribution in [0.2, 0.25) is 0 Å². The van der Waals surface area contributed by atoms with E-state index in [-0.39, 0.29) is 36.5 Å². The summed E-state index contributed by atoms with van der Waals surface area (Å²) in [6, 6.07) is 9.45. The van der Waals surface area contributed by atoms with Gasteiger partial charge < -0.3 is 15.1 Å². The van der Waals surface area contributed by atoms with Crippen LogP contribution in [0.5, 0.6) is 0 Å². The predicted molar refractivity (Wildman–Crippen MR) is 103 cm³/mol. The Labute approximate surface area is 154 Å². The van der Waals surface area contributed by atoms with Crippen LogP contribution in [0, 0.1) is 0 Å². The highest BCUT2D eigenvalue weighted by Gasteiger charge is 2.19. The lowest BCUT2D eigenvalue weighted by molar-refractivity contribution is -0.126. The Morgan fingerprint density at radius 2 is 1.81 bits per heavy atom. The summed E-state index contributed by atoms with van der Waals surface area (Å²) < 4.78 is 5.79. The maximum atomic E-state index is 12.4. The van der Waals surface area contributed by atoms with Crippen LogP contribution in [0.1, 0.15) is 46.4 Å². The molecule has 0 fully saturated rings. The van der Waals surface area contributed by atoms with Crippen molar-refractivity contribution in [1.29, 1.82) is 0 Å². The quantitative estimate of drug-likeness (QED) is 0.797. The molecule has 0 saturated heterocycles. The van der Waals surface area contributed by atoms with Gasteiger partial charge in [0, 0.05) is 10.9 Å². The summed E-state index contributed by atoms with van der Waals surface area (Å²) in [5.74, 6) is 0.494. The van der Waals surface area contributed by atoms with E-state index in [4.69, 9.17) is 4.42 Å². The SMILES string of the molecule is CCN(CC(=O)N[C@@H](C)c1cc2ccccc2o1)CC(=O)NC(C)(C)C. The summed E-state index contributed by atoms with van der Waals surface area (Å²) in [7, 11) is 0. The van der Waals surface area contributed by atoms with Crippen molar-refractivity contribution < 1.29 is 14.0 Å². The predicted octanol–water partition coefficient (Wildman–Crippen LogP) is 2.85. The van der Waals surface area contributed by atoms with Crippen molar-refractivity contribution in [1.82, 2.24) is 15.5 Å². The average Bonchev–Trinajstić information content (AvgIpc) is 2.96. The highest BCUT2D eigenvalue weighted by atomic mass is 16.3. The molecule has 1 heterocycles. The number of amides is 2. The molecule has 6 heteroatoms. The van der Waals surface area contributed by atoms with E-state index in [0.717, 1.165) is 11.0 Å². The van der Waals surface area contributed by atoms with Crippen molar-refractivity contribution in [2.24, 2.45) is 0 Å². The maximum absolute atomic E-state index is 12.4. The third-order valence-corrected chi connectivity index (χ3v) is 3.94. The summed E-state index contributed by atoms with van der Waals surface area (Å²) in [6.45, 7) is 10.6. The van der Waals surface area contributed by atoms with Crippen molar-refractivity contribution in [2.75, 3.05) is 19.6 Å². The average molecular weight is 359 g/mol. The number of nitrogens with zero attached hydrogens (tertiary/aromatic N) is 1. The van der Waals surface area contributed by atoms with Crippen LogP contribution in [0.4, 0.5) is 0 Å². The van der Waals surface area contributed by atoms with Gasteiger partial charge in [0.15, 0.2) is 0 Å². The zero-order chi connectivity index (χ0) is 19.3. The molecule has 1 aromatic carbocycles. The summed E-state index contributed by atoms with van der Waals surface area (Å²) in [4.78, 5) is 26.2. The first-order valence-corrected chi connectivity index (χ1v) is 8.99. The molecule has 2 N–H and O–H groups in total. The van der Waals surface area contributed by atoms with Gasteiger partial charge in [0.25, 0.3) is 0 Å². The Balaban J connectivity index is 1.90. The van der Waals surface area contributed by atoms with Gasteiger partial charge in [-0.15, -0.1) is 0 Å². The van der Waals surface area contributed by atoms with E-state index in [2.05, 4.69) is 10.6 Å². The molecule has 0 radical (unpaired) electrons. The number of nitrogens with one attached hydrogen (secondary N) is 2. The van der Waals surface area contributed by atoms with E-state index in [1.165, 1.54) is 0 Å². The molecule has 0 unspecified atom stereocenters. The first-order valence-electron chi connectivity index (χ1n) is 8.99. The van der Waals surface area contributed by atoms with Gasteiger partial charge in [-0.25, -0.2) is 0 Å². The van der Waals surface area contributed by atoms with Gasteiger partial charge >= 0.3 is 0 Å². The fraction of sp³-hybridized carbons (Fsp3) is 0.500. The second-order valence-electron chi connectivity index (χ2n) is 7.58. The van der Waals surface area contributed by atoms with E-state index < -0.39 is 0 Å². The Morgan fingerprint density at radius 1 is 1.15 bits per heavy atom. The number of benzene rings is 1. The Morgan fingerprint density at radius 3 is 2.42 bits per heavy atom. The second kappa shape index (κ2) is 8.36. The maximum Gasteiger partial charge on any atom is 0.234 e. The molecular weight excluding hydrogens is 330 g/mol. The van der Waals surface area contributed by atoms with Gasteiger partial charge in [-0.05, 0) is 46.4 Å². The molecule has 0 aliphatic carbocycles. The van der Waals surface area contributed by atoms with Crippen molar-refractivity contribution in [2.45, 2.75) is 46.2 Å². The first kappa shape index (κ1) is 20.0. The van der Waals surface area contributed by atoms with Crippen molar-refractivity contribution in [3.8, 4) is 0 Å². The molecule has 2 amide bonds. The number of carbonyl (C=O) groups is 2. The molecular formula is C20H29N3O3. The molecule has 1 atom stereocenters. The van der Waals surface area contributed by atoms with E-state index in [9.17, 15) is 9.59 Å². The number of furan rings is 1. The minimum atomic E-state index is -0.283. The molecule has 142 valence electrons. The molecule has 0 saturated carbocycles. The van der Waals surface area contributed by atoms with E-state index in [1.54, 1.807) is 0 Å². The molecule has 2 rings (SSSR count). The van der Waals surface area contributed by atoms with Crippen LogP contribution >= 0.6 is 0 Å². The fourth-order valence-electron chi connectivity index (χ4n) is 2.72. The zero-order valence-electron chi connectivity index (χ0n) is 16.3. The minimum absolute atomic E-state index is 0.0857. The third-order valence-electron chi connectivity index (χ3n) is 3.94. The lowest BCUT2D eigenvalue weighted by Crippen LogP contribution is -2.48. The smallest absolute Gasteiger partial charge is 0.234 e. The van der Waals surface area contributed by atoms with Crippen LogP contribution in [-0.2, 0) is 9.59 Å². The van der Waals surface area contributed by atoms with Crippen LogP contribution in [0.15, 0.2) is 34.7 Å². The fourth-order valence-corrected chi connectivity index (χ4v) is 2.72. The monoisotopic (exact) mass is 359 g/mol.